The number of hydrogen-bond acceptors (Lipinski definition) is 6. The van der Waals surface area contributed by atoms with E-state index in [2.05, 4.69) is 32.3 Å². The number of aromatic amines is 1. The lowest BCUT2D eigenvalue weighted by atomic mass is 9.93. The molecule has 9 nitrogen and oxygen atoms in total. The number of pyridine rings is 1. The van der Waals surface area contributed by atoms with Crippen LogP contribution in [0.25, 0.3) is 11.0 Å². The van der Waals surface area contributed by atoms with Gasteiger partial charge >= 0.3 is 12.2 Å². The van der Waals surface area contributed by atoms with Crippen molar-refractivity contribution >= 4 is 22.8 Å². The number of amides is 2. The van der Waals surface area contributed by atoms with Crippen LogP contribution in [0.2, 0.25) is 0 Å². The Labute approximate surface area is 247 Å². The van der Waals surface area contributed by atoms with Gasteiger partial charge in [-0.25, -0.2) is 9.78 Å². The molecule has 0 aliphatic carbocycles. The summed E-state index contributed by atoms with van der Waals surface area (Å²) >= 11 is 0. The molecular weight excluding hydrogens is 559 g/mol. The molecule has 2 aliphatic rings. The third kappa shape index (κ3) is 6.16. The Morgan fingerprint density at radius 1 is 1.07 bits per heavy atom. The number of alkyl halides is 3. The Morgan fingerprint density at radius 2 is 1.86 bits per heavy atom. The Bertz CT molecular complexity index is 1610. The van der Waals surface area contributed by atoms with Crippen LogP contribution < -0.4 is 10.1 Å². The van der Waals surface area contributed by atoms with Gasteiger partial charge in [-0.3, -0.25) is 10.00 Å². The van der Waals surface area contributed by atoms with Crippen LogP contribution in [0.3, 0.4) is 0 Å². The largest absolute Gasteiger partial charge is 0.456 e. The van der Waals surface area contributed by atoms with Crippen LogP contribution in [0.15, 0.2) is 54.9 Å². The molecule has 0 bridgehead atoms. The Morgan fingerprint density at radius 3 is 2.63 bits per heavy atom. The predicted octanol–water partition coefficient (Wildman–Crippen LogP) is 6.06. The van der Waals surface area contributed by atoms with E-state index >= 15 is 0 Å². The average Bonchev–Trinajstić information content (AvgIpc) is 3.48. The van der Waals surface area contributed by atoms with Crippen molar-refractivity contribution in [1.82, 2.24) is 29.9 Å². The average molecular weight is 594 g/mol. The summed E-state index contributed by atoms with van der Waals surface area (Å²) in [6, 6.07) is 10.9. The molecule has 2 amide bonds. The third-order valence-corrected chi connectivity index (χ3v) is 8.43. The molecule has 0 unspecified atom stereocenters. The summed E-state index contributed by atoms with van der Waals surface area (Å²) in [5.41, 5.74) is 2.24. The molecule has 4 aromatic rings. The monoisotopic (exact) mass is 593 g/mol. The summed E-state index contributed by atoms with van der Waals surface area (Å²) in [5.74, 6) is 1.20. The van der Waals surface area contributed by atoms with E-state index in [1.54, 1.807) is 29.4 Å². The van der Waals surface area contributed by atoms with Crippen LogP contribution in [0, 0.1) is 0 Å². The zero-order valence-corrected chi connectivity index (χ0v) is 24.1. The minimum atomic E-state index is -4.54. The highest BCUT2D eigenvalue weighted by Gasteiger charge is 2.35. The lowest BCUT2D eigenvalue weighted by Gasteiger charge is -2.35. The van der Waals surface area contributed by atoms with Gasteiger partial charge in [0, 0.05) is 51.2 Å². The summed E-state index contributed by atoms with van der Waals surface area (Å²) in [7, 11) is 0. The molecule has 2 aromatic heterocycles. The highest BCUT2D eigenvalue weighted by molar-refractivity contribution is 5.90. The van der Waals surface area contributed by atoms with Gasteiger partial charge in [-0.05, 0) is 66.9 Å². The van der Waals surface area contributed by atoms with Gasteiger partial charge in [0.1, 0.15) is 11.5 Å². The number of fused-ring (bicyclic) bond motifs is 2. The van der Waals surface area contributed by atoms with Crippen LogP contribution >= 0.6 is 0 Å². The molecule has 2 N–H and O–H groups in total. The Hall–Kier alpha value is -4.16. The first kappa shape index (κ1) is 28.9. The fourth-order valence-electron chi connectivity index (χ4n) is 5.93. The van der Waals surface area contributed by atoms with Crippen LogP contribution in [-0.2, 0) is 19.1 Å². The van der Waals surface area contributed by atoms with E-state index in [4.69, 9.17) is 4.74 Å². The van der Waals surface area contributed by atoms with Gasteiger partial charge in [-0.15, -0.1) is 0 Å². The predicted molar refractivity (Wildman–Crippen MR) is 157 cm³/mol. The lowest BCUT2D eigenvalue weighted by Crippen LogP contribution is -2.45. The van der Waals surface area contributed by atoms with E-state index in [1.165, 1.54) is 6.07 Å². The Kier molecular flexibility index (Phi) is 7.97. The van der Waals surface area contributed by atoms with Gasteiger partial charge in [-0.2, -0.15) is 18.3 Å². The lowest BCUT2D eigenvalue weighted by molar-refractivity contribution is -0.138. The summed E-state index contributed by atoms with van der Waals surface area (Å²) < 4.78 is 48.5. The fourth-order valence-corrected chi connectivity index (χ4v) is 5.93. The number of carbonyl (C=O) groups excluding carboxylic acids is 1. The molecule has 4 heterocycles. The first-order valence-electron chi connectivity index (χ1n) is 14.5. The number of anilines is 1. The number of hydrogen-bond donors (Lipinski definition) is 2. The molecule has 0 saturated carbocycles. The zero-order valence-electron chi connectivity index (χ0n) is 24.1. The number of ether oxygens (including phenoxy) is 1. The second kappa shape index (κ2) is 11.8. The number of nitrogens with one attached hydrogen (secondary N) is 2. The quantitative estimate of drug-likeness (QED) is 0.283. The van der Waals surface area contributed by atoms with Gasteiger partial charge in [0.05, 0.1) is 23.2 Å². The maximum Gasteiger partial charge on any atom is 0.416 e. The molecule has 1 saturated heterocycles. The second-order valence-electron chi connectivity index (χ2n) is 11.0. The number of rotatable bonds is 6. The number of likely N-dealkylation sites (N-methyl/N-ethyl adjacent to an activating group) is 1. The molecule has 1 atom stereocenters. The molecule has 6 rings (SSSR count). The van der Waals surface area contributed by atoms with E-state index in [-0.39, 0.29) is 23.8 Å². The van der Waals surface area contributed by atoms with Crippen molar-refractivity contribution in [3.63, 3.8) is 0 Å². The SMILES string of the molecule is CCN1CCN(Cc2ccc(NC(=O)N3CCc4ccc(Oc5ccnc6[nH]ncc56)cc4[C@@H]3C)cc2C(F)(F)F)CC1. The summed E-state index contributed by atoms with van der Waals surface area (Å²) in [6.45, 7) is 8.72. The van der Waals surface area contributed by atoms with Gasteiger partial charge in [0.15, 0.2) is 5.65 Å². The van der Waals surface area contributed by atoms with Crippen LogP contribution in [-0.4, -0.2) is 75.2 Å². The fraction of sp³-hybridized carbons (Fsp3) is 0.387. The normalized spacial score (nSPS) is 18.1. The Balaban J connectivity index is 1.16. The number of urea groups is 1. The molecule has 1 fully saturated rings. The maximum atomic E-state index is 14.1. The molecule has 226 valence electrons. The van der Waals surface area contributed by atoms with Crippen molar-refractivity contribution in [3.8, 4) is 11.5 Å². The molecular formula is C31H34F3N7O2. The highest BCUT2D eigenvalue weighted by Crippen LogP contribution is 2.37. The van der Waals surface area contributed by atoms with Gasteiger partial charge in [0.25, 0.3) is 0 Å². The molecule has 2 aliphatic heterocycles. The summed E-state index contributed by atoms with van der Waals surface area (Å²) in [6.07, 6.45) is -0.638. The van der Waals surface area contributed by atoms with Crippen molar-refractivity contribution in [3.05, 3.63) is 77.1 Å². The first-order valence-corrected chi connectivity index (χ1v) is 14.5. The van der Waals surface area contributed by atoms with E-state index in [1.807, 2.05) is 30.0 Å². The summed E-state index contributed by atoms with van der Waals surface area (Å²) in [5, 5.41) is 10.3. The second-order valence-corrected chi connectivity index (χ2v) is 11.0. The van der Waals surface area contributed by atoms with Gasteiger partial charge < -0.3 is 19.9 Å². The van der Waals surface area contributed by atoms with Crippen molar-refractivity contribution in [1.29, 1.82) is 0 Å². The number of halogens is 3. The third-order valence-electron chi connectivity index (χ3n) is 8.43. The molecule has 43 heavy (non-hydrogen) atoms. The van der Waals surface area contributed by atoms with Crippen LogP contribution in [0.1, 0.15) is 42.1 Å². The number of piperazine rings is 1. The van der Waals surface area contributed by atoms with Crippen LogP contribution in [0.4, 0.5) is 23.7 Å². The van der Waals surface area contributed by atoms with Gasteiger partial charge in [-0.1, -0.05) is 19.1 Å². The van der Waals surface area contributed by atoms with E-state index in [9.17, 15) is 18.0 Å². The highest BCUT2D eigenvalue weighted by atomic mass is 19.4. The van der Waals surface area contributed by atoms with Crippen molar-refractivity contribution < 1.29 is 22.7 Å². The van der Waals surface area contributed by atoms with E-state index < -0.39 is 17.8 Å². The smallest absolute Gasteiger partial charge is 0.416 e. The number of carbonyl (C=O) groups is 1. The minimum Gasteiger partial charge on any atom is -0.456 e. The molecule has 0 radical (unpaired) electrons. The molecule has 0 spiro atoms. The summed E-state index contributed by atoms with van der Waals surface area (Å²) in [4.78, 5) is 23.6. The number of benzene rings is 2. The number of H-pyrrole nitrogens is 1. The van der Waals surface area contributed by atoms with Crippen molar-refractivity contribution in [2.75, 3.05) is 44.6 Å². The van der Waals surface area contributed by atoms with Crippen LogP contribution in [0.5, 0.6) is 11.5 Å². The molecule has 2 aromatic carbocycles. The van der Waals surface area contributed by atoms with Crippen molar-refractivity contribution in [2.45, 2.75) is 39.0 Å². The van der Waals surface area contributed by atoms with Crippen molar-refractivity contribution in [2.24, 2.45) is 0 Å². The minimum absolute atomic E-state index is 0.119. The van der Waals surface area contributed by atoms with Gasteiger partial charge in [0.2, 0.25) is 0 Å². The standard InChI is InChI=1S/C31H34F3N7O2/c1-3-39-12-14-40(15-13-39)19-22-4-6-23(16-27(22)31(32,33)34)37-30(42)41-11-9-21-5-7-24(17-25(21)20(41)2)43-28-8-10-35-29-26(28)18-36-38-29/h4-8,10,16-18,20H,3,9,11-15,19H2,1-2H3,(H,37,42)(H,35,36,38)/t20-/m0/s1. The zero-order chi connectivity index (χ0) is 30.1. The topological polar surface area (TPSA) is 89.6 Å². The number of aromatic nitrogens is 3. The first-order chi connectivity index (χ1) is 20.7. The van der Waals surface area contributed by atoms with E-state index in [0.29, 0.717) is 30.1 Å². The molecule has 12 heteroatoms. The maximum absolute atomic E-state index is 14.1. The van der Waals surface area contributed by atoms with E-state index in [0.717, 1.165) is 55.3 Å². The number of nitrogens with zero attached hydrogens (tertiary/aromatic N) is 5.